The van der Waals surface area contributed by atoms with E-state index in [9.17, 15) is 14.7 Å². The fourth-order valence-electron chi connectivity index (χ4n) is 7.04. The smallest absolute Gasteiger partial charge is 0.237 e. The third-order valence-electron chi connectivity index (χ3n) is 9.36. The Hall–Kier alpha value is -3.82. The van der Waals surface area contributed by atoms with Crippen LogP contribution in [0.2, 0.25) is 5.02 Å². The highest BCUT2D eigenvalue weighted by atomic mass is 35.5. The number of hydrogen-bond acceptors (Lipinski definition) is 7. The highest BCUT2D eigenvalue weighted by molar-refractivity contribution is 6.30. The van der Waals surface area contributed by atoms with Gasteiger partial charge in [0, 0.05) is 31.7 Å². The lowest BCUT2D eigenvalue weighted by Gasteiger charge is -2.38. The number of benzene rings is 2. The van der Waals surface area contributed by atoms with Crippen LogP contribution >= 0.6 is 11.6 Å². The first-order valence-electron chi connectivity index (χ1n) is 15.8. The molecule has 45 heavy (non-hydrogen) atoms. The fourth-order valence-corrected chi connectivity index (χ4v) is 7.17. The van der Waals surface area contributed by atoms with Crippen molar-refractivity contribution in [2.75, 3.05) is 43.7 Å². The Bertz CT molecular complexity index is 1540. The number of fused-ring (bicyclic) bond motifs is 1. The molecule has 1 atom stereocenters. The summed E-state index contributed by atoms with van der Waals surface area (Å²) in [7, 11) is 3.95. The quantitative estimate of drug-likeness (QED) is 0.345. The van der Waals surface area contributed by atoms with Crippen molar-refractivity contribution in [1.82, 2.24) is 14.8 Å². The number of carbonyl (C=O) groups is 2. The molecule has 2 amide bonds. The molecule has 6 rings (SSSR count). The predicted octanol–water partition coefficient (Wildman–Crippen LogP) is 5.63. The average Bonchev–Trinajstić information content (AvgIpc) is 3.35. The van der Waals surface area contributed by atoms with Crippen molar-refractivity contribution < 1.29 is 19.4 Å². The van der Waals surface area contributed by atoms with Crippen molar-refractivity contribution in [3.63, 3.8) is 0 Å². The number of likely N-dealkylation sites (N-methyl/N-ethyl adjacent to an activating group) is 1. The zero-order valence-electron chi connectivity index (χ0n) is 26.4. The molecule has 1 aromatic heterocycles. The molecule has 238 valence electrons. The number of amides is 2. The first-order valence-corrected chi connectivity index (χ1v) is 16.2. The number of rotatable bonds is 8. The summed E-state index contributed by atoms with van der Waals surface area (Å²) < 4.78 is 5.92. The summed E-state index contributed by atoms with van der Waals surface area (Å²) in [6.45, 7) is 6.02. The van der Waals surface area contributed by atoms with Crippen molar-refractivity contribution >= 4 is 34.9 Å². The van der Waals surface area contributed by atoms with E-state index in [4.69, 9.17) is 21.3 Å². The van der Waals surface area contributed by atoms with Crippen LogP contribution in [0.15, 0.2) is 54.7 Å². The molecule has 1 saturated heterocycles. The number of aromatic hydroxyl groups is 1. The monoisotopic (exact) mass is 631 g/mol. The van der Waals surface area contributed by atoms with Crippen LogP contribution in [0, 0.1) is 5.92 Å². The molecule has 1 saturated carbocycles. The lowest BCUT2D eigenvalue weighted by molar-refractivity contribution is -0.125. The van der Waals surface area contributed by atoms with Crippen LogP contribution < -0.4 is 14.5 Å². The maximum absolute atomic E-state index is 13.7. The molecule has 3 heterocycles. The van der Waals surface area contributed by atoms with Gasteiger partial charge in [-0.25, -0.2) is 4.98 Å². The van der Waals surface area contributed by atoms with Gasteiger partial charge in [-0.05, 0) is 98.5 Å². The molecule has 3 aromatic rings. The van der Waals surface area contributed by atoms with E-state index in [2.05, 4.69) is 16.8 Å². The highest BCUT2D eigenvalue weighted by Crippen LogP contribution is 2.43. The predicted molar refractivity (Wildman–Crippen MR) is 176 cm³/mol. The molecule has 1 N–H and O–H groups in total. The van der Waals surface area contributed by atoms with Gasteiger partial charge in [0.25, 0.3) is 0 Å². The summed E-state index contributed by atoms with van der Waals surface area (Å²) in [5.74, 6) is 1.98. The van der Waals surface area contributed by atoms with Crippen molar-refractivity contribution in [1.29, 1.82) is 0 Å². The van der Waals surface area contributed by atoms with Crippen molar-refractivity contribution in [2.24, 2.45) is 5.92 Å². The average molecular weight is 632 g/mol. The Morgan fingerprint density at radius 1 is 1.04 bits per heavy atom. The first kappa shape index (κ1) is 31.2. The molecular formula is C35H42ClN5O4. The molecule has 2 aliphatic heterocycles. The molecule has 10 heteroatoms. The summed E-state index contributed by atoms with van der Waals surface area (Å²) in [5.41, 5.74) is 3.27. The maximum atomic E-state index is 13.7. The third-order valence-corrected chi connectivity index (χ3v) is 9.61. The number of ether oxygens (including phenoxy) is 1. The van der Waals surface area contributed by atoms with Gasteiger partial charge >= 0.3 is 0 Å². The topological polar surface area (TPSA) is 89.5 Å². The van der Waals surface area contributed by atoms with Crippen LogP contribution in [0.1, 0.15) is 62.3 Å². The van der Waals surface area contributed by atoms with E-state index < -0.39 is 6.04 Å². The summed E-state index contributed by atoms with van der Waals surface area (Å²) in [6, 6.07) is 15.0. The first-order chi connectivity index (χ1) is 21.6. The normalized spacial score (nSPS) is 22.2. The second kappa shape index (κ2) is 12.9. The van der Waals surface area contributed by atoms with Crippen LogP contribution in [0.4, 0.5) is 11.5 Å². The molecule has 2 aromatic carbocycles. The highest BCUT2D eigenvalue weighted by Gasteiger charge is 2.37. The van der Waals surface area contributed by atoms with Gasteiger partial charge in [-0.2, -0.15) is 0 Å². The molecule has 1 unspecified atom stereocenters. The van der Waals surface area contributed by atoms with Crippen LogP contribution in [0.5, 0.6) is 11.5 Å². The van der Waals surface area contributed by atoms with Gasteiger partial charge in [0.1, 0.15) is 5.82 Å². The van der Waals surface area contributed by atoms with E-state index in [-0.39, 0.29) is 30.1 Å². The van der Waals surface area contributed by atoms with Gasteiger partial charge in [0.15, 0.2) is 11.5 Å². The van der Waals surface area contributed by atoms with Crippen molar-refractivity contribution in [3.05, 3.63) is 76.4 Å². The van der Waals surface area contributed by atoms with Gasteiger partial charge in [0.05, 0.1) is 43.7 Å². The molecule has 3 aliphatic rings. The Balaban J connectivity index is 1.20. The van der Waals surface area contributed by atoms with Gasteiger partial charge in [-0.1, -0.05) is 23.7 Å². The number of carbonyl (C=O) groups excluding carboxylic acids is 2. The van der Waals surface area contributed by atoms with Crippen molar-refractivity contribution in [3.8, 4) is 11.5 Å². The summed E-state index contributed by atoms with van der Waals surface area (Å²) >= 11 is 6.24. The minimum atomic E-state index is -0.445. The minimum Gasteiger partial charge on any atom is -0.504 e. The second-order valence-corrected chi connectivity index (χ2v) is 13.4. The molecular weight excluding hydrogens is 590 g/mol. The standard InChI is InChI=1S/C35H42ClN5O4/c1-22(2)45-31-17-29-25(15-30(31)42)16-33(43)41(35(29)24-7-9-26(36)10-8-24)28-13-14-32(37-18-28)38(3)19-23-5-11-27(12-6-23)40-20-34(44)39(4)21-40/h7-10,13-15,17-18,22-23,27,35,42H,5-6,11-12,16,19-21H2,1-4H3/t23-,27-,35?. The lowest BCUT2D eigenvalue weighted by Crippen LogP contribution is -2.41. The van der Waals surface area contributed by atoms with Crippen LogP contribution in [-0.2, 0) is 16.0 Å². The number of aromatic nitrogens is 1. The number of pyridine rings is 1. The number of hydrogen-bond donors (Lipinski definition) is 1. The summed E-state index contributed by atoms with van der Waals surface area (Å²) in [6.07, 6.45) is 6.29. The van der Waals surface area contributed by atoms with Gasteiger partial charge in [0.2, 0.25) is 11.8 Å². The molecule has 1 aliphatic carbocycles. The summed E-state index contributed by atoms with van der Waals surface area (Å²) in [4.78, 5) is 38.7. The number of anilines is 2. The van der Waals surface area contributed by atoms with Crippen LogP contribution in [0.3, 0.4) is 0 Å². The Morgan fingerprint density at radius 3 is 2.40 bits per heavy atom. The van der Waals surface area contributed by atoms with Crippen LogP contribution in [-0.4, -0.2) is 77.7 Å². The molecule has 9 nitrogen and oxygen atoms in total. The molecule has 0 bridgehead atoms. The van der Waals surface area contributed by atoms with Gasteiger partial charge < -0.3 is 19.6 Å². The third kappa shape index (κ3) is 6.60. The lowest BCUT2D eigenvalue weighted by atomic mass is 9.85. The zero-order chi connectivity index (χ0) is 31.8. The fraction of sp³-hybridized carbons (Fsp3) is 0.457. The Morgan fingerprint density at radius 2 is 1.78 bits per heavy atom. The Labute approximate surface area is 270 Å². The number of phenols is 1. The molecule has 0 radical (unpaired) electrons. The van der Waals surface area contributed by atoms with E-state index in [1.165, 1.54) is 0 Å². The van der Waals surface area contributed by atoms with Crippen LogP contribution in [0.25, 0.3) is 0 Å². The maximum Gasteiger partial charge on any atom is 0.237 e. The number of nitrogens with zero attached hydrogens (tertiary/aromatic N) is 5. The zero-order valence-corrected chi connectivity index (χ0v) is 27.2. The number of halogens is 1. The van der Waals surface area contributed by atoms with E-state index in [0.29, 0.717) is 35.0 Å². The van der Waals surface area contributed by atoms with E-state index in [0.717, 1.165) is 61.4 Å². The van der Waals surface area contributed by atoms with E-state index in [1.54, 1.807) is 17.2 Å². The van der Waals surface area contributed by atoms with Gasteiger partial charge in [-0.15, -0.1) is 0 Å². The van der Waals surface area contributed by atoms with E-state index >= 15 is 0 Å². The Kier molecular flexibility index (Phi) is 8.93. The van der Waals surface area contributed by atoms with Crippen molar-refractivity contribution in [2.45, 2.75) is 64.1 Å². The van der Waals surface area contributed by atoms with E-state index in [1.807, 2.05) is 68.3 Å². The minimum absolute atomic E-state index is 0.0276. The van der Waals surface area contributed by atoms with Gasteiger partial charge in [-0.3, -0.25) is 19.4 Å². The molecule has 0 spiro atoms. The molecule has 2 fully saturated rings. The second-order valence-electron chi connectivity index (χ2n) is 13.0. The summed E-state index contributed by atoms with van der Waals surface area (Å²) in [5, 5.41) is 11.3. The number of phenolic OH excluding ortho intramolecular Hbond substituents is 1. The largest absolute Gasteiger partial charge is 0.504 e. The SMILES string of the molecule is CC(C)Oc1cc2c(cc1O)CC(=O)N(c1ccc(N(C)C[C@H]3CC[C@H](N4CC(=O)N(C)C4)CC3)nc1)C2c1ccc(Cl)cc1.